The van der Waals surface area contributed by atoms with Crippen LogP contribution in [0.3, 0.4) is 0 Å². The highest BCUT2D eigenvalue weighted by Crippen LogP contribution is 2.35. The van der Waals surface area contributed by atoms with E-state index in [9.17, 15) is 17.6 Å². The number of benzene rings is 1. The van der Waals surface area contributed by atoms with E-state index in [0.29, 0.717) is 9.13 Å². The predicted octanol–water partition coefficient (Wildman–Crippen LogP) is 2.73. The topological polar surface area (TPSA) is 122 Å². The lowest BCUT2D eigenvalue weighted by Crippen LogP contribution is -2.19. The van der Waals surface area contributed by atoms with E-state index >= 15 is 0 Å². The lowest BCUT2D eigenvalue weighted by atomic mass is 10.1. The highest BCUT2D eigenvalue weighted by molar-refractivity contribution is 14.1. The Hall–Kier alpha value is -2.25. The molecule has 8 nitrogen and oxygen atoms in total. The standard InChI is InChI=1S/C15H11FIN3O5S/c1-26(23,24)20-13-10(17)6-9-11(14(21)19-22)12(25-15(9)18-13)7-2-4-8(16)5-3-7/h2-6,22H,1H3,(H,18,20)(H,19,21). The van der Waals surface area contributed by atoms with Gasteiger partial charge >= 0.3 is 0 Å². The van der Waals surface area contributed by atoms with Gasteiger partial charge in [-0.1, -0.05) is 0 Å². The van der Waals surface area contributed by atoms with Crippen LogP contribution in [-0.2, 0) is 10.0 Å². The highest BCUT2D eigenvalue weighted by atomic mass is 127. The van der Waals surface area contributed by atoms with Crippen LogP contribution in [0.15, 0.2) is 34.7 Å². The third-order valence-corrected chi connectivity index (χ3v) is 4.74. The second-order valence-electron chi connectivity index (χ2n) is 5.30. The number of hydrogen-bond donors (Lipinski definition) is 3. The Labute approximate surface area is 160 Å². The summed E-state index contributed by atoms with van der Waals surface area (Å²) in [6.45, 7) is 0. The van der Waals surface area contributed by atoms with Gasteiger partial charge < -0.3 is 4.42 Å². The third-order valence-electron chi connectivity index (χ3n) is 3.35. The molecule has 1 aromatic carbocycles. The van der Waals surface area contributed by atoms with E-state index in [-0.39, 0.29) is 28.2 Å². The number of sulfonamides is 1. The van der Waals surface area contributed by atoms with E-state index in [1.807, 2.05) is 22.6 Å². The second kappa shape index (κ2) is 6.81. The summed E-state index contributed by atoms with van der Waals surface area (Å²) >= 11 is 1.85. The van der Waals surface area contributed by atoms with E-state index in [1.165, 1.54) is 35.8 Å². The number of carbonyl (C=O) groups is 1. The van der Waals surface area contributed by atoms with E-state index in [0.717, 1.165) is 6.26 Å². The minimum absolute atomic E-state index is 0.00886. The molecule has 0 saturated carbocycles. The molecule has 0 unspecified atom stereocenters. The number of hydrogen-bond acceptors (Lipinski definition) is 6. The minimum atomic E-state index is -3.57. The zero-order valence-corrected chi connectivity index (χ0v) is 16.1. The summed E-state index contributed by atoms with van der Waals surface area (Å²) in [7, 11) is -3.57. The number of aromatic nitrogens is 1. The first kappa shape index (κ1) is 18.5. The Balaban J connectivity index is 2.27. The van der Waals surface area contributed by atoms with Crippen LogP contribution in [0, 0.1) is 9.39 Å². The molecule has 3 rings (SSSR count). The third kappa shape index (κ3) is 3.64. The van der Waals surface area contributed by atoms with E-state index in [2.05, 4.69) is 9.71 Å². The molecule has 3 aromatic rings. The van der Waals surface area contributed by atoms with Gasteiger partial charge in [-0.05, 0) is 52.9 Å². The summed E-state index contributed by atoms with van der Waals surface area (Å²) in [5, 5.41) is 9.31. The average Bonchev–Trinajstić information content (AvgIpc) is 2.92. The van der Waals surface area contributed by atoms with Crippen molar-refractivity contribution in [2.24, 2.45) is 0 Å². The Morgan fingerprint density at radius 2 is 1.96 bits per heavy atom. The van der Waals surface area contributed by atoms with Crippen molar-refractivity contribution in [3.05, 3.63) is 45.3 Å². The predicted molar refractivity (Wildman–Crippen MR) is 99.8 cm³/mol. The molecule has 2 heterocycles. The molecule has 11 heteroatoms. The Kier molecular flexibility index (Phi) is 4.86. The second-order valence-corrected chi connectivity index (χ2v) is 8.21. The fraction of sp³-hybridized carbons (Fsp3) is 0.0667. The largest absolute Gasteiger partial charge is 0.437 e. The van der Waals surface area contributed by atoms with Crippen molar-refractivity contribution in [2.45, 2.75) is 0 Å². The number of hydroxylamine groups is 1. The Bertz CT molecular complexity index is 1110. The monoisotopic (exact) mass is 491 g/mol. The zero-order valence-electron chi connectivity index (χ0n) is 13.1. The molecule has 0 aliphatic carbocycles. The lowest BCUT2D eigenvalue weighted by Gasteiger charge is -2.05. The maximum atomic E-state index is 13.2. The molecule has 0 fully saturated rings. The molecule has 2 aromatic heterocycles. The normalized spacial score (nSPS) is 11.5. The molecule has 0 bridgehead atoms. The average molecular weight is 491 g/mol. The van der Waals surface area contributed by atoms with Crippen LogP contribution in [0.5, 0.6) is 0 Å². The number of nitrogens with zero attached hydrogens (tertiary/aromatic N) is 1. The molecule has 0 spiro atoms. The number of amides is 1. The van der Waals surface area contributed by atoms with Crippen LogP contribution in [0.2, 0.25) is 0 Å². The summed E-state index contributed by atoms with van der Waals surface area (Å²) in [5.74, 6) is -1.21. The number of halogens is 2. The van der Waals surface area contributed by atoms with Crippen molar-refractivity contribution in [1.29, 1.82) is 0 Å². The number of carbonyl (C=O) groups excluding carboxylic acids is 1. The van der Waals surface area contributed by atoms with Crippen molar-refractivity contribution in [3.63, 3.8) is 0 Å². The first-order valence-electron chi connectivity index (χ1n) is 7.01. The van der Waals surface area contributed by atoms with E-state index < -0.39 is 21.7 Å². The molecule has 0 aliphatic rings. The molecule has 0 atom stereocenters. The van der Waals surface area contributed by atoms with Gasteiger partial charge in [0.15, 0.2) is 5.82 Å². The van der Waals surface area contributed by atoms with Crippen LogP contribution in [-0.4, -0.2) is 30.8 Å². The zero-order chi connectivity index (χ0) is 19.1. The van der Waals surface area contributed by atoms with Gasteiger partial charge in [-0.15, -0.1) is 0 Å². The van der Waals surface area contributed by atoms with Crippen LogP contribution in [0.25, 0.3) is 22.4 Å². The molecule has 1 amide bonds. The summed E-state index contributed by atoms with van der Waals surface area (Å²) in [6.07, 6.45) is 0.978. The molecule has 26 heavy (non-hydrogen) atoms. The summed E-state index contributed by atoms with van der Waals surface area (Å²) < 4.78 is 44.4. The highest BCUT2D eigenvalue weighted by Gasteiger charge is 2.24. The number of rotatable bonds is 4. The Morgan fingerprint density at radius 1 is 1.31 bits per heavy atom. The Morgan fingerprint density at radius 3 is 2.54 bits per heavy atom. The number of anilines is 1. The SMILES string of the molecule is CS(=O)(=O)Nc1nc2oc(-c3ccc(F)cc3)c(C(=O)NO)c2cc1I. The quantitative estimate of drug-likeness (QED) is 0.293. The number of nitrogens with one attached hydrogen (secondary N) is 2. The molecule has 0 aliphatic heterocycles. The van der Waals surface area contributed by atoms with Crippen molar-refractivity contribution in [3.8, 4) is 11.3 Å². The summed E-state index contributed by atoms with van der Waals surface area (Å²) in [6, 6.07) is 6.69. The summed E-state index contributed by atoms with van der Waals surface area (Å²) in [4.78, 5) is 16.2. The van der Waals surface area contributed by atoms with Gasteiger partial charge in [0.05, 0.1) is 20.8 Å². The van der Waals surface area contributed by atoms with Crippen molar-refractivity contribution < 1.29 is 27.2 Å². The van der Waals surface area contributed by atoms with Gasteiger partial charge in [-0.2, -0.15) is 4.98 Å². The van der Waals surface area contributed by atoms with Crippen molar-refractivity contribution in [1.82, 2.24) is 10.5 Å². The van der Waals surface area contributed by atoms with Gasteiger partial charge in [0.25, 0.3) is 5.91 Å². The van der Waals surface area contributed by atoms with Gasteiger partial charge in [-0.3, -0.25) is 14.7 Å². The van der Waals surface area contributed by atoms with E-state index in [4.69, 9.17) is 9.62 Å². The van der Waals surface area contributed by atoms with Crippen LogP contribution >= 0.6 is 22.6 Å². The van der Waals surface area contributed by atoms with Gasteiger partial charge in [0.2, 0.25) is 15.7 Å². The maximum Gasteiger partial charge on any atom is 0.279 e. The van der Waals surface area contributed by atoms with Crippen LogP contribution < -0.4 is 10.2 Å². The van der Waals surface area contributed by atoms with E-state index in [1.54, 1.807) is 0 Å². The smallest absolute Gasteiger partial charge is 0.279 e. The molecule has 136 valence electrons. The molecule has 3 N–H and O–H groups in total. The van der Waals surface area contributed by atoms with Gasteiger partial charge in [-0.25, -0.2) is 18.3 Å². The first-order chi connectivity index (χ1) is 12.2. The fourth-order valence-electron chi connectivity index (χ4n) is 2.33. The first-order valence-corrected chi connectivity index (χ1v) is 9.98. The van der Waals surface area contributed by atoms with Crippen LogP contribution in [0.1, 0.15) is 10.4 Å². The van der Waals surface area contributed by atoms with Crippen LogP contribution in [0.4, 0.5) is 10.2 Å². The number of furan rings is 1. The summed E-state index contributed by atoms with van der Waals surface area (Å²) in [5.41, 5.74) is 1.90. The fourth-order valence-corrected chi connectivity index (χ4v) is 3.59. The molecular weight excluding hydrogens is 480 g/mol. The lowest BCUT2D eigenvalue weighted by molar-refractivity contribution is 0.0708. The molecular formula is C15H11FIN3O5S. The minimum Gasteiger partial charge on any atom is -0.437 e. The molecule has 0 saturated heterocycles. The van der Waals surface area contributed by atoms with Gasteiger partial charge in [0.1, 0.15) is 11.6 Å². The van der Waals surface area contributed by atoms with Crippen molar-refractivity contribution in [2.75, 3.05) is 11.0 Å². The van der Waals surface area contributed by atoms with Gasteiger partial charge in [0, 0.05) is 5.56 Å². The van der Waals surface area contributed by atoms with Crippen molar-refractivity contribution >= 4 is 55.4 Å². The number of pyridine rings is 1. The molecule has 0 radical (unpaired) electrons. The number of fused-ring (bicyclic) bond motifs is 1. The maximum absolute atomic E-state index is 13.2.